The average Bonchev–Trinajstić information content (AvgIpc) is 2.38. The lowest BCUT2D eigenvalue weighted by Gasteiger charge is -2.40. The van der Waals surface area contributed by atoms with Crippen molar-refractivity contribution in [2.75, 3.05) is 19.6 Å². The molecule has 0 bridgehead atoms. The zero-order chi connectivity index (χ0) is 15.2. The van der Waals surface area contributed by atoms with E-state index in [2.05, 4.69) is 5.32 Å². The molecule has 0 saturated carbocycles. The van der Waals surface area contributed by atoms with Gasteiger partial charge >= 0.3 is 5.97 Å². The second kappa shape index (κ2) is 7.26. The van der Waals surface area contributed by atoms with Gasteiger partial charge in [-0.25, -0.2) is 0 Å². The van der Waals surface area contributed by atoms with Gasteiger partial charge in [-0.3, -0.25) is 14.4 Å². The van der Waals surface area contributed by atoms with E-state index in [4.69, 9.17) is 0 Å². The van der Waals surface area contributed by atoms with E-state index in [9.17, 15) is 19.5 Å². The fraction of sp³-hybridized carbons (Fsp3) is 0.786. The Bertz CT molecular complexity index is 379. The Morgan fingerprint density at radius 2 is 2.05 bits per heavy atom. The molecular formula is C14H24N2O4. The van der Waals surface area contributed by atoms with Crippen LogP contribution in [0.4, 0.5) is 0 Å². The molecule has 1 rings (SSSR count). The maximum atomic E-state index is 12.1. The van der Waals surface area contributed by atoms with Crippen molar-refractivity contribution in [2.45, 2.75) is 46.0 Å². The fourth-order valence-corrected chi connectivity index (χ4v) is 2.81. The Hall–Kier alpha value is -1.59. The minimum Gasteiger partial charge on any atom is -0.481 e. The Labute approximate surface area is 119 Å². The van der Waals surface area contributed by atoms with Crippen LogP contribution in [0.1, 0.15) is 46.0 Å². The Balaban J connectivity index is 2.60. The molecule has 0 aromatic rings. The number of likely N-dealkylation sites (tertiary alicyclic amines) is 1. The Morgan fingerprint density at radius 3 is 2.60 bits per heavy atom. The van der Waals surface area contributed by atoms with Crippen molar-refractivity contribution in [3.8, 4) is 0 Å². The van der Waals surface area contributed by atoms with Gasteiger partial charge in [0.25, 0.3) is 0 Å². The lowest BCUT2D eigenvalue weighted by molar-refractivity contribution is -0.155. The third-order valence-corrected chi connectivity index (χ3v) is 3.82. The molecular weight excluding hydrogens is 260 g/mol. The summed E-state index contributed by atoms with van der Waals surface area (Å²) in [6.45, 7) is 4.57. The molecule has 1 atom stereocenters. The molecule has 20 heavy (non-hydrogen) atoms. The van der Waals surface area contributed by atoms with Crippen molar-refractivity contribution in [3.63, 3.8) is 0 Å². The van der Waals surface area contributed by atoms with Crippen molar-refractivity contribution in [1.29, 1.82) is 0 Å². The van der Waals surface area contributed by atoms with Gasteiger partial charge in [0, 0.05) is 33.0 Å². The van der Waals surface area contributed by atoms with Crippen molar-refractivity contribution >= 4 is 17.8 Å². The number of nitrogens with zero attached hydrogens (tertiary/aromatic N) is 1. The van der Waals surface area contributed by atoms with E-state index < -0.39 is 11.4 Å². The summed E-state index contributed by atoms with van der Waals surface area (Å²) in [5.74, 6) is -1.05. The monoisotopic (exact) mass is 284 g/mol. The maximum absolute atomic E-state index is 12.1. The molecule has 0 aromatic carbocycles. The van der Waals surface area contributed by atoms with Crippen LogP contribution in [0.15, 0.2) is 0 Å². The number of amides is 2. The molecule has 1 heterocycles. The number of carboxylic acids is 1. The minimum absolute atomic E-state index is 0.0832. The summed E-state index contributed by atoms with van der Waals surface area (Å²) in [5.41, 5.74) is -0.795. The van der Waals surface area contributed by atoms with Crippen molar-refractivity contribution in [3.05, 3.63) is 0 Å². The second-order valence-electron chi connectivity index (χ2n) is 5.49. The fourth-order valence-electron chi connectivity index (χ4n) is 2.81. The number of carboxylic acid groups (broad SMARTS) is 1. The molecule has 6 nitrogen and oxygen atoms in total. The van der Waals surface area contributed by atoms with E-state index >= 15 is 0 Å². The van der Waals surface area contributed by atoms with E-state index in [1.165, 1.54) is 6.92 Å². The Morgan fingerprint density at radius 1 is 1.35 bits per heavy atom. The van der Waals surface area contributed by atoms with Crippen LogP contribution in [0.2, 0.25) is 0 Å². The van der Waals surface area contributed by atoms with Gasteiger partial charge in [0.05, 0.1) is 5.41 Å². The topological polar surface area (TPSA) is 86.7 Å². The first kappa shape index (κ1) is 16.5. The summed E-state index contributed by atoms with van der Waals surface area (Å²) in [4.78, 5) is 36.0. The molecule has 0 aliphatic carbocycles. The standard InChI is InChI=1S/C14H24N2O4/c1-3-6-14(13(19)20)7-4-9-16(10-14)12(18)5-8-15-11(2)17/h3-10H2,1-2H3,(H,15,17)(H,19,20). The Kier molecular flexibility index (Phi) is 5.98. The van der Waals surface area contributed by atoms with Crippen LogP contribution in [-0.4, -0.2) is 47.4 Å². The van der Waals surface area contributed by atoms with Gasteiger partial charge in [-0.1, -0.05) is 13.3 Å². The quantitative estimate of drug-likeness (QED) is 0.762. The summed E-state index contributed by atoms with van der Waals surface area (Å²) >= 11 is 0. The van der Waals surface area contributed by atoms with Crippen LogP contribution in [0, 0.1) is 5.41 Å². The number of carbonyl (C=O) groups excluding carboxylic acids is 2. The van der Waals surface area contributed by atoms with E-state index in [1.54, 1.807) is 4.90 Å². The summed E-state index contributed by atoms with van der Waals surface area (Å²) in [6.07, 6.45) is 2.96. The zero-order valence-corrected chi connectivity index (χ0v) is 12.3. The smallest absolute Gasteiger partial charge is 0.311 e. The molecule has 1 aliphatic heterocycles. The van der Waals surface area contributed by atoms with Crippen LogP contribution in [0.3, 0.4) is 0 Å². The van der Waals surface area contributed by atoms with Crippen molar-refractivity contribution in [1.82, 2.24) is 10.2 Å². The van der Waals surface area contributed by atoms with Crippen molar-refractivity contribution in [2.24, 2.45) is 5.41 Å². The molecule has 0 aromatic heterocycles. The second-order valence-corrected chi connectivity index (χ2v) is 5.49. The number of aliphatic carboxylic acids is 1. The highest BCUT2D eigenvalue weighted by molar-refractivity contribution is 5.80. The lowest BCUT2D eigenvalue weighted by Crippen LogP contribution is -2.50. The third-order valence-electron chi connectivity index (χ3n) is 3.82. The largest absolute Gasteiger partial charge is 0.481 e. The van der Waals surface area contributed by atoms with Gasteiger partial charge in [0.2, 0.25) is 11.8 Å². The highest BCUT2D eigenvalue weighted by atomic mass is 16.4. The predicted octanol–water partition coefficient (Wildman–Crippen LogP) is 1.01. The average molecular weight is 284 g/mol. The summed E-state index contributed by atoms with van der Waals surface area (Å²) in [7, 11) is 0. The first-order valence-corrected chi connectivity index (χ1v) is 7.17. The van der Waals surface area contributed by atoms with Crippen LogP contribution < -0.4 is 5.32 Å². The minimum atomic E-state index is -0.807. The van der Waals surface area contributed by atoms with Gasteiger partial charge in [0.15, 0.2) is 0 Å². The molecule has 114 valence electrons. The molecule has 0 spiro atoms. The molecule has 0 radical (unpaired) electrons. The first-order chi connectivity index (χ1) is 9.41. The summed E-state index contributed by atoms with van der Waals surface area (Å²) in [5, 5.41) is 12.1. The van der Waals surface area contributed by atoms with Crippen molar-refractivity contribution < 1.29 is 19.5 Å². The van der Waals surface area contributed by atoms with Crippen LogP contribution in [0.5, 0.6) is 0 Å². The molecule has 6 heteroatoms. The molecule has 1 unspecified atom stereocenters. The SMILES string of the molecule is CCCC1(C(=O)O)CCCN(C(=O)CCNC(C)=O)C1. The van der Waals surface area contributed by atoms with Crippen LogP contribution in [0.25, 0.3) is 0 Å². The number of piperidine rings is 1. The third kappa shape index (κ3) is 4.21. The van der Waals surface area contributed by atoms with Gasteiger partial charge in [0.1, 0.15) is 0 Å². The van der Waals surface area contributed by atoms with Gasteiger partial charge < -0.3 is 15.3 Å². The maximum Gasteiger partial charge on any atom is 0.311 e. The summed E-state index contributed by atoms with van der Waals surface area (Å²) < 4.78 is 0. The number of hydrogen-bond acceptors (Lipinski definition) is 3. The normalized spacial score (nSPS) is 22.4. The van der Waals surface area contributed by atoms with Gasteiger partial charge in [-0.2, -0.15) is 0 Å². The highest BCUT2D eigenvalue weighted by Gasteiger charge is 2.42. The first-order valence-electron chi connectivity index (χ1n) is 7.17. The molecule has 1 saturated heterocycles. The zero-order valence-electron chi connectivity index (χ0n) is 12.3. The van der Waals surface area contributed by atoms with E-state index in [0.717, 1.165) is 12.8 Å². The van der Waals surface area contributed by atoms with E-state index in [-0.39, 0.29) is 24.8 Å². The molecule has 1 aliphatic rings. The van der Waals surface area contributed by atoms with Gasteiger partial charge in [-0.05, 0) is 19.3 Å². The van der Waals surface area contributed by atoms with E-state index in [0.29, 0.717) is 25.9 Å². The predicted molar refractivity (Wildman–Crippen MR) is 74.1 cm³/mol. The molecule has 2 N–H and O–H groups in total. The van der Waals surface area contributed by atoms with Gasteiger partial charge in [-0.15, -0.1) is 0 Å². The van der Waals surface area contributed by atoms with E-state index in [1.807, 2.05) is 6.92 Å². The number of rotatable bonds is 6. The number of hydrogen-bond donors (Lipinski definition) is 2. The van der Waals surface area contributed by atoms with Crippen LogP contribution in [-0.2, 0) is 14.4 Å². The lowest BCUT2D eigenvalue weighted by atomic mass is 9.76. The summed E-state index contributed by atoms with van der Waals surface area (Å²) in [6, 6.07) is 0. The van der Waals surface area contributed by atoms with Crippen LogP contribution >= 0.6 is 0 Å². The molecule has 1 fully saturated rings. The number of nitrogens with one attached hydrogen (secondary N) is 1. The molecule has 2 amide bonds. The highest BCUT2D eigenvalue weighted by Crippen LogP contribution is 2.35. The number of carbonyl (C=O) groups is 3.